The number of nitrogens with zero attached hydrogens (tertiary/aromatic N) is 1. The molecule has 106 valence electrons. The molecule has 0 unspecified atom stereocenters. The molecule has 1 heterocycles. The summed E-state index contributed by atoms with van der Waals surface area (Å²) in [5, 5.41) is -0.0389. The Balaban J connectivity index is 2.24. The molecule has 0 aliphatic heterocycles. The molecule has 1 aromatic carbocycles. The number of hydrogen-bond donors (Lipinski definition) is 1. The summed E-state index contributed by atoms with van der Waals surface area (Å²) in [4.78, 5) is 3.75. The third-order valence-electron chi connectivity index (χ3n) is 2.72. The molecule has 20 heavy (non-hydrogen) atoms. The lowest BCUT2D eigenvalue weighted by atomic mass is 10.1. The Bertz CT molecular complexity index is 705. The number of halogens is 2. The van der Waals surface area contributed by atoms with E-state index in [4.69, 9.17) is 11.6 Å². The van der Waals surface area contributed by atoms with E-state index in [9.17, 15) is 8.42 Å². The molecular weight excluding hydrogens is 364 g/mol. The number of aromatic nitrogens is 1. The average Bonchev–Trinajstić information content (AvgIpc) is 2.39. The van der Waals surface area contributed by atoms with Gasteiger partial charge in [-0.25, -0.2) is 18.1 Å². The van der Waals surface area contributed by atoms with Gasteiger partial charge in [0.1, 0.15) is 10.0 Å². The second-order valence-electron chi connectivity index (χ2n) is 4.19. The molecule has 0 aliphatic carbocycles. The lowest BCUT2D eigenvalue weighted by molar-refractivity contribution is 0.566. The number of hydrogen-bond acceptors (Lipinski definition) is 3. The van der Waals surface area contributed by atoms with Gasteiger partial charge in [0.25, 0.3) is 0 Å². The Labute approximate surface area is 131 Å². The highest BCUT2D eigenvalue weighted by molar-refractivity contribution is 9.10. The molecule has 0 amide bonds. The minimum absolute atomic E-state index is 0.0226. The fourth-order valence-corrected chi connectivity index (χ4v) is 3.64. The molecule has 0 bridgehead atoms. The van der Waals surface area contributed by atoms with Crippen LogP contribution in [0.1, 0.15) is 18.5 Å². The molecule has 0 aliphatic rings. The smallest absolute Gasteiger partial charge is 0.243 e. The quantitative estimate of drug-likeness (QED) is 0.832. The van der Waals surface area contributed by atoms with Gasteiger partial charge in [-0.15, -0.1) is 0 Å². The zero-order chi connectivity index (χ0) is 14.8. The van der Waals surface area contributed by atoms with Crippen molar-refractivity contribution in [1.82, 2.24) is 9.71 Å². The number of sulfonamides is 1. The van der Waals surface area contributed by atoms with Gasteiger partial charge >= 0.3 is 0 Å². The van der Waals surface area contributed by atoms with Gasteiger partial charge in [-0.2, -0.15) is 0 Å². The van der Waals surface area contributed by atoms with E-state index in [1.807, 2.05) is 24.3 Å². The van der Waals surface area contributed by atoms with Gasteiger partial charge in [-0.1, -0.05) is 39.7 Å². The molecule has 1 aromatic heterocycles. The SMILES string of the molecule is C[C@H](NS(=O)(=O)c1cccnc1Cl)c1ccc(Br)cc1. The van der Waals surface area contributed by atoms with E-state index in [0.717, 1.165) is 10.0 Å². The lowest BCUT2D eigenvalue weighted by Crippen LogP contribution is -2.27. The number of rotatable bonds is 4. The Morgan fingerprint density at radius 2 is 1.90 bits per heavy atom. The van der Waals surface area contributed by atoms with Crippen molar-refractivity contribution in [2.75, 3.05) is 0 Å². The van der Waals surface area contributed by atoms with Crippen molar-refractivity contribution < 1.29 is 8.42 Å². The predicted octanol–water partition coefficient (Wildman–Crippen LogP) is 3.54. The maximum atomic E-state index is 12.3. The maximum absolute atomic E-state index is 12.3. The summed E-state index contributed by atoms with van der Waals surface area (Å²) >= 11 is 9.16. The summed E-state index contributed by atoms with van der Waals surface area (Å²) in [6.45, 7) is 1.77. The van der Waals surface area contributed by atoms with E-state index in [1.54, 1.807) is 6.92 Å². The van der Waals surface area contributed by atoms with Crippen molar-refractivity contribution in [2.24, 2.45) is 0 Å². The first-order chi connectivity index (χ1) is 9.40. The van der Waals surface area contributed by atoms with Crippen LogP contribution >= 0.6 is 27.5 Å². The highest BCUT2D eigenvalue weighted by Gasteiger charge is 2.21. The van der Waals surface area contributed by atoms with Gasteiger partial charge in [0.15, 0.2) is 0 Å². The van der Waals surface area contributed by atoms with E-state index in [-0.39, 0.29) is 16.1 Å². The van der Waals surface area contributed by atoms with E-state index >= 15 is 0 Å². The van der Waals surface area contributed by atoms with Gasteiger partial charge in [-0.05, 0) is 36.8 Å². The van der Waals surface area contributed by atoms with Crippen LogP contribution in [0, 0.1) is 0 Å². The first-order valence-corrected chi connectivity index (χ1v) is 8.44. The summed E-state index contributed by atoms with van der Waals surface area (Å²) < 4.78 is 28.0. The lowest BCUT2D eigenvalue weighted by Gasteiger charge is -2.15. The highest BCUT2D eigenvalue weighted by atomic mass is 79.9. The average molecular weight is 376 g/mol. The van der Waals surface area contributed by atoms with Crippen LogP contribution in [0.4, 0.5) is 0 Å². The molecule has 0 saturated carbocycles. The molecule has 0 radical (unpaired) electrons. The second kappa shape index (κ2) is 6.22. The minimum atomic E-state index is -3.70. The Hall–Kier alpha value is -0.950. The van der Waals surface area contributed by atoms with Crippen molar-refractivity contribution in [1.29, 1.82) is 0 Å². The Kier molecular flexibility index (Phi) is 4.80. The summed E-state index contributed by atoms with van der Waals surface area (Å²) in [6.07, 6.45) is 1.44. The van der Waals surface area contributed by atoms with Crippen LogP contribution in [0.15, 0.2) is 52.0 Å². The monoisotopic (exact) mass is 374 g/mol. The fraction of sp³-hybridized carbons (Fsp3) is 0.154. The molecule has 4 nitrogen and oxygen atoms in total. The van der Waals surface area contributed by atoms with Crippen LogP contribution in [0.3, 0.4) is 0 Å². The Morgan fingerprint density at radius 1 is 1.25 bits per heavy atom. The van der Waals surface area contributed by atoms with Gasteiger partial charge in [0.2, 0.25) is 10.0 Å². The summed E-state index contributed by atoms with van der Waals surface area (Å²) in [5.41, 5.74) is 0.858. The van der Waals surface area contributed by atoms with Crippen LogP contribution in [-0.2, 0) is 10.0 Å². The Morgan fingerprint density at radius 3 is 2.50 bits per heavy atom. The molecule has 0 fully saturated rings. The molecular formula is C13H12BrClN2O2S. The van der Waals surface area contributed by atoms with Crippen LogP contribution in [-0.4, -0.2) is 13.4 Å². The van der Waals surface area contributed by atoms with E-state index in [2.05, 4.69) is 25.6 Å². The van der Waals surface area contributed by atoms with Gasteiger partial charge in [0, 0.05) is 16.7 Å². The maximum Gasteiger partial charge on any atom is 0.244 e. The molecule has 2 rings (SSSR count). The molecule has 0 spiro atoms. The van der Waals surface area contributed by atoms with Gasteiger partial charge in [0.05, 0.1) is 0 Å². The zero-order valence-corrected chi connectivity index (χ0v) is 13.7. The van der Waals surface area contributed by atoms with Crippen LogP contribution in [0.2, 0.25) is 5.15 Å². The largest absolute Gasteiger partial charge is 0.244 e. The van der Waals surface area contributed by atoms with E-state index < -0.39 is 10.0 Å². The zero-order valence-electron chi connectivity index (χ0n) is 10.5. The molecule has 2 aromatic rings. The second-order valence-corrected chi connectivity index (χ2v) is 7.14. The molecule has 1 N–H and O–H groups in total. The minimum Gasteiger partial charge on any atom is -0.243 e. The van der Waals surface area contributed by atoms with E-state index in [0.29, 0.717) is 0 Å². The fourth-order valence-electron chi connectivity index (χ4n) is 1.69. The van der Waals surface area contributed by atoms with Crippen molar-refractivity contribution in [3.8, 4) is 0 Å². The van der Waals surface area contributed by atoms with Gasteiger partial charge in [-0.3, -0.25) is 0 Å². The molecule has 0 saturated heterocycles. The van der Waals surface area contributed by atoms with Crippen molar-refractivity contribution in [3.05, 3.63) is 57.8 Å². The topological polar surface area (TPSA) is 59.1 Å². The highest BCUT2D eigenvalue weighted by Crippen LogP contribution is 2.22. The van der Waals surface area contributed by atoms with E-state index in [1.165, 1.54) is 18.3 Å². The predicted molar refractivity (Wildman–Crippen MR) is 82.1 cm³/mol. The van der Waals surface area contributed by atoms with Crippen LogP contribution in [0.5, 0.6) is 0 Å². The summed E-state index contributed by atoms with van der Waals surface area (Å²) in [7, 11) is -3.70. The van der Waals surface area contributed by atoms with Crippen molar-refractivity contribution in [3.63, 3.8) is 0 Å². The third kappa shape index (κ3) is 3.58. The molecule has 1 atom stereocenters. The third-order valence-corrected chi connectivity index (χ3v) is 5.23. The normalized spacial score (nSPS) is 13.2. The van der Waals surface area contributed by atoms with Crippen molar-refractivity contribution >= 4 is 37.6 Å². The summed E-state index contributed by atoms with van der Waals surface area (Å²) in [6, 6.07) is 10.00. The van der Waals surface area contributed by atoms with Crippen molar-refractivity contribution in [2.45, 2.75) is 17.9 Å². The number of pyridine rings is 1. The summed E-state index contributed by atoms with van der Waals surface area (Å²) in [5.74, 6) is 0. The first kappa shape index (κ1) is 15.4. The standard InChI is InChI=1S/C13H12BrClN2O2S/c1-9(10-4-6-11(14)7-5-10)17-20(18,19)12-3-2-8-16-13(12)15/h2-9,17H,1H3/t9-/m0/s1. The number of nitrogens with one attached hydrogen (secondary N) is 1. The first-order valence-electron chi connectivity index (χ1n) is 5.78. The number of benzene rings is 1. The molecule has 7 heteroatoms. The van der Waals surface area contributed by atoms with Gasteiger partial charge < -0.3 is 0 Å². The van der Waals surface area contributed by atoms with Crippen LogP contribution in [0.25, 0.3) is 0 Å². The van der Waals surface area contributed by atoms with Crippen LogP contribution < -0.4 is 4.72 Å².